The molecule has 7 nitrogen and oxygen atoms in total. The van der Waals surface area contributed by atoms with E-state index in [4.69, 9.17) is 0 Å². The summed E-state index contributed by atoms with van der Waals surface area (Å²) in [6, 6.07) is 3.26. The Bertz CT molecular complexity index is 790. The van der Waals surface area contributed by atoms with E-state index in [-0.39, 0.29) is 17.5 Å². The van der Waals surface area contributed by atoms with Crippen LogP contribution in [-0.2, 0) is 4.79 Å². The molecule has 2 aliphatic heterocycles. The van der Waals surface area contributed by atoms with Gasteiger partial charge in [-0.1, -0.05) is 0 Å². The van der Waals surface area contributed by atoms with Crippen molar-refractivity contribution in [2.24, 2.45) is 0 Å². The summed E-state index contributed by atoms with van der Waals surface area (Å²) in [6.45, 7) is 3.27. The van der Waals surface area contributed by atoms with E-state index in [0.29, 0.717) is 17.9 Å². The Morgan fingerprint density at radius 2 is 2.00 bits per heavy atom. The number of fused-ring (bicyclic) bond motifs is 1. The molecule has 0 spiro atoms. The van der Waals surface area contributed by atoms with Crippen molar-refractivity contribution in [1.29, 1.82) is 0 Å². The third-order valence-corrected chi connectivity index (χ3v) is 5.12. The minimum atomic E-state index is -0.127. The van der Waals surface area contributed by atoms with Crippen molar-refractivity contribution >= 4 is 11.6 Å². The van der Waals surface area contributed by atoms with Crippen molar-refractivity contribution in [1.82, 2.24) is 24.4 Å². The lowest BCUT2D eigenvalue weighted by atomic mass is 9.99. The monoisotopic (exact) mass is 329 g/mol. The summed E-state index contributed by atoms with van der Waals surface area (Å²) < 4.78 is 1.42. The second-order valence-corrected chi connectivity index (χ2v) is 6.76. The number of rotatable bonds is 3. The molecule has 2 fully saturated rings. The maximum atomic E-state index is 12.8. The predicted octanol–water partition coefficient (Wildman–Crippen LogP) is 1.17. The molecule has 7 heteroatoms. The molecule has 2 aromatic rings. The highest BCUT2D eigenvalue weighted by Crippen LogP contribution is 2.29. The van der Waals surface area contributed by atoms with Gasteiger partial charge in [0.1, 0.15) is 0 Å². The van der Waals surface area contributed by atoms with Crippen LogP contribution in [0.1, 0.15) is 43.8 Å². The normalized spacial score (nSPS) is 22.3. The van der Waals surface area contributed by atoms with Crippen LogP contribution in [0.15, 0.2) is 23.1 Å². The molecule has 0 radical (unpaired) electrons. The molecule has 1 N–H and O–H groups in total. The number of nitrogens with one attached hydrogen (secondary N) is 1. The van der Waals surface area contributed by atoms with Gasteiger partial charge in [-0.2, -0.15) is 0 Å². The Kier molecular flexibility index (Phi) is 4.10. The van der Waals surface area contributed by atoms with Gasteiger partial charge < -0.3 is 4.90 Å². The molecule has 24 heavy (non-hydrogen) atoms. The molecule has 2 saturated heterocycles. The highest BCUT2D eigenvalue weighted by Gasteiger charge is 2.30. The van der Waals surface area contributed by atoms with Gasteiger partial charge in [0.25, 0.3) is 5.56 Å². The van der Waals surface area contributed by atoms with Crippen LogP contribution in [0, 0.1) is 0 Å². The number of H-pyrrole nitrogens is 1. The summed E-state index contributed by atoms with van der Waals surface area (Å²) in [6.07, 6.45) is 7.02. The molecule has 4 heterocycles. The number of amides is 1. The fourth-order valence-corrected chi connectivity index (χ4v) is 3.88. The van der Waals surface area contributed by atoms with Gasteiger partial charge in [0.2, 0.25) is 5.91 Å². The number of aromatic nitrogens is 3. The Morgan fingerprint density at radius 3 is 2.83 bits per heavy atom. The molecule has 1 amide bonds. The molecule has 4 rings (SSSR count). The summed E-state index contributed by atoms with van der Waals surface area (Å²) in [5, 5.41) is 2.85. The van der Waals surface area contributed by atoms with E-state index in [1.807, 2.05) is 4.90 Å². The number of hydrogen-bond donors (Lipinski definition) is 1. The Hall–Kier alpha value is -2.15. The maximum absolute atomic E-state index is 12.8. The average Bonchev–Trinajstić information content (AvgIpc) is 3.26. The van der Waals surface area contributed by atoms with Gasteiger partial charge in [-0.05, 0) is 45.2 Å². The molecular weight excluding hydrogens is 306 g/mol. The van der Waals surface area contributed by atoms with Gasteiger partial charge in [-0.15, -0.1) is 0 Å². The first-order valence-corrected chi connectivity index (χ1v) is 8.81. The lowest BCUT2D eigenvalue weighted by Gasteiger charge is -2.36. The number of carbonyl (C=O) groups is 1. The number of nitrogens with zero attached hydrogens (tertiary/aromatic N) is 4. The summed E-state index contributed by atoms with van der Waals surface area (Å²) in [5.74, 6) is 0.165. The molecule has 0 bridgehead atoms. The maximum Gasteiger partial charge on any atom is 0.272 e. The second kappa shape index (κ2) is 6.39. The van der Waals surface area contributed by atoms with Crippen LogP contribution in [0.2, 0.25) is 0 Å². The van der Waals surface area contributed by atoms with E-state index in [9.17, 15) is 9.59 Å². The minimum absolute atomic E-state index is 0.0820. The lowest BCUT2D eigenvalue weighted by molar-refractivity contribution is -0.136. The number of piperidine rings is 1. The van der Waals surface area contributed by atoms with Crippen molar-refractivity contribution < 1.29 is 4.79 Å². The molecule has 0 aromatic carbocycles. The molecule has 1 atom stereocenters. The first-order valence-electron chi connectivity index (χ1n) is 8.81. The van der Waals surface area contributed by atoms with Crippen LogP contribution in [0.3, 0.4) is 0 Å². The van der Waals surface area contributed by atoms with Crippen molar-refractivity contribution in [3.05, 3.63) is 34.4 Å². The van der Waals surface area contributed by atoms with Gasteiger partial charge in [0, 0.05) is 24.9 Å². The molecule has 128 valence electrons. The highest BCUT2D eigenvalue weighted by molar-refractivity contribution is 5.79. The molecule has 0 aliphatic carbocycles. The summed E-state index contributed by atoms with van der Waals surface area (Å²) in [5.41, 5.74) is 1.20. The van der Waals surface area contributed by atoms with E-state index in [1.165, 1.54) is 17.4 Å². The fourth-order valence-electron chi connectivity index (χ4n) is 3.88. The van der Waals surface area contributed by atoms with E-state index in [2.05, 4.69) is 15.0 Å². The van der Waals surface area contributed by atoms with Gasteiger partial charge in [0.15, 0.2) is 5.65 Å². The Labute approximate surface area is 140 Å². The Morgan fingerprint density at radius 1 is 1.21 bits per heavy atom. The SMILES string of the molecule is O=C(CN1CCCC1)N1CCCC[C@H]1c1cc(=O)n2[nH]ccc2n1. The first-order chi connectivity index (χ1) is 11.7. The molecule has 0 saturated carbocycles. The third kappa shape index (κ3) is 2.84. The topological polar surface area (TPSA) is 73.7 Å². The lowest BCUT2D eigenvalue weighted by Crippen LogP contribution is -2.44. The number of likely N-dealkylation sites (tertiary alicyclic amines) is 2. The number of aromatic amines is 1. The average molecular weight is 329 g/mol. The van der Waals surface area contributed by atoms with Crippen LogP contribution < -0.4 is 5.56 Å². The fraction of sp³-hybridized carbons (Fsp3) is 0.588. The summed E-state index contributed by atoms with van der Waals surface area (Å²) in [4.78, 5) is 33.8. The van der Waals surface area contributed by atoms with Gasteiger partial charge in [-0.3, -0.25) is 19.6 Å². The quantitative estimate of drug-likeness (QED) is 0.917. The van der Waals surface area contributed by atoms with Crippen LogP contribution in [0.4, 0.5) is 0 Å². The molecular formula is C17H23N5O2. The second-order valence-electron chi connectivity index (χ2n) is 6.76. The van der Waals surface area contributed by atoms with Crippen LogP contribution in [0.5, 0.6) is 0 Å². The van der Waals surface area contributed by atoms with Gasteiger partial charge in [-0.25, -0.2) is 9.50 Å². The summed E-state index contributed by atoms with van der Waals surface area (Å²) in [7, 11) is 0. The first kappa shape index (κ1) is 15.4. The van der Waals surface area contributed by atoms with Crippen molar-refractivity contribution in [2.75, 3.05) is 26.2 Å². The third-order valence-electron chi connectivity index (χ3n) is 5.12. The predicted molar refractivity (Wildman–Crippen MR) is 89.8 cm³/mol. The van der Waals surface area contributed by atoms with Crippen molar-refractivity contribution in [3.8, 4) is 0 Å². The minimum Gasteiger partial charge on any atom is -0.333 e. The zero-order valence-electron chi connectivity index (χ0n) is 13.8. The zero-order chi connectivity index (χ0) is 16.5. The molecule has 2 aromatic heterocycles. The van der Waals surface area contributed by atoms with Gasteiger partial charge in [0.05, 0.1) is 18.3 Å². The van der Waals surface area contributed by atoms with E-state index >= 15 is 0 Å². The standard InChI is InChI=1S/C17H23N5O2/c23-16-11-13(19-15-6-7-18-22(15)16)14-5-1-2-10-21(14)17(24)12-20-8-3-4-9-20/h6-7,11,14,18H,1-5,8-10,12H2/t14-/m0/s1. The van der Waals surface area contributed by atoms with Crippen molar-refractivity contribution in [2.45, 2.75) is 38.1 Å². The Balaban J connectivity index is 1.60. The van der Waals surface area contributed by atoms with Crippen molar-refractivity contribution in [3.63, 3.8) is 0 Å². The van der Waals surface area contributed by atoms with Gasteiger partial charge >= 0.3 is 0 Å². The van der Waals surface area contributed by atoms with E-state index in [0.717, 1.165) is 38.9 Å². The van der Waals surface area contributed by atoms with Crippen LogP contribution in [0.25, 0.3) is 5.65 Å². The van der Waals surface area contributed by atoms with Crippen LogP contribution in [-0.4, -0.2) is 56.5 Å². The smallest absolute Gasteiger partial charge is 0.272 e. The molecule has 0 unspecified atom stereocenters. The number of carbonyl (C=O) groups excluding carboxylic acids is 1. The molecule has 2 aliphatic rings. The largest absolute Gasteiger partial charge is 0.333 e. The number of hydrogen-bond acceptors (Lipinski definition) is 4. The van der Waals surface area contributed by atoms with Crippen LogP contribution >= 0.6 is 0 Å². The summed E-state index contributed by atoms with van der Waals surface area (Å²) >= 11 is 0. The van der Waals surface area contributed by atoms with E-state index < -0.39 is 0 Å². The van der Waals surface area contributed by atoms with E-state index in [1.54, 1.807) is 18.3 Å². The highest BCUT2D eigenvalue weighted by atomic mass is 16.2. The zero-order valence-corrected chi connectivity index (χ0v) is 13.8.